The van der Waals surface area contributed by atoms with Crippen molar-refractivity contribution in [2.75, 3.05) is 19.6 Å². The minimum absolute atomic E-state index is 0.00455. The van der Waals surface area contributed by atoms with E-state index in [1.807, 2.05) is 12.1 Å². The Balaban J connectivity index is 1.18. The first-order valence-corrected chi connectivity index (χ1v) is 13.3. The van der Waals surface area contributed by atoms with Crippen LogP contribution in [0.5, 0.6) is 5.75 Å². The molecule has 5 rings (SSSR count). The monoisotopic (exact) mass is 561 g/mol. The van der Waals surface area contributed by atoms with Crippen LogP contribution in [0.4, 0.5) is 0 Å². The Bertz CT molecular complexity index is 1470. The van der Waals surface area contributed by atoms with Gasteiger partial charge in [-0.15, -0.1) is 0 Å². The summed E-state index contributed by atoms with van der Waals surface area (Å²) < 4.78 is 11.6. The lowest BCUT2D eigenvalue weighted by atomic mass is 10.1. The molecule has 1 aliphatic heterocycles. The minimum atomic E-state index is -0.981. The number of hydrogen-bond donors (Lipinski definition) is 2. The zero-order valence-electron chi connectivity index (χ0n) is 21.6. The highest BCUT2D eigenvalue weighted by Crippen LogP contribution is 2.23. The zero-order valence-corrected chi connectivity index (χ0v) is 22.3. The largest absolute Gasteiger partial charge is 0.489 e. The number of carbonyl (C=O) groups excluding carboxylic acids is 3. The molecule has 11 heteroatoms. The van der Waals surface area contributed by atoms with Gasteiger partial charge in [0.2, 0.25) is 11.8 Å². The minimum Gasteiger partial charge on any atom is -0.489 e. The number of ether oxygens (including phenoxy) is 1. The highest BCUT2D eigenvalue weighted by Gasteiger charge is 2.27. The number of amides is 3. The van der Waals surface area contributed by atoms with Crippen LogP contribution in [0, 0.1) is 0 Å². The molecule has 1 atom stereocenters. The van der Waals surface area contributed by atoms with E-state index in [1.165, 1.54) is 0 Å². The fourth-order valence-corrected chi connectivity index (χ4v) is 4.70. The van der Waals surface area contributed by atoms with Gasteiger partial charge in [0.25, 0.3) is 5.91 Å². The Morgan fingerprint density at radius 1 is 1.07 bits per heavy atom. The molecule has 1 aliphatic rings. The third-order valence-corrected chi connectivity index (χ3v) is 6.84. The number of nitrogens with one attached hydrogen (secondary N) is 2. The van der Waals surface area contributed by atoms with E-state index in [0.29, 0.717) is 53.4 Å². The average Bonchev–Trinajstić information content (AvgIpc) is 3.40. The number of hydrogen-bond acceptors (Lipinski definition) is 7. The molecule has 1 aromatic carbocycles. The molecule has 0 aliphatic carbocycles. The first-order valence-electron chi connectivity index (χ1n) is 13.0. The molecule has 0 saturated carbocycles. The number of likely N-dealkylation sites (tertiary alicyclic amines) is 1. The highest BCUT2D eigenvalue weighted by atomic mass is 35.5. The van der Waals surface area contributed by atoms with Crippen molar-refractivity contribution in [2.24, 2.45) is 0 Å². The van der Waals surface area contributed by atoms with Gasteiger partial charge in [0.1, 0.15) is 23.5 Å². The van der Waals surface area contributed by atoms with Crippen LogP contribution >= 0.6 is 11.6 Å². The first-order chi connectivity index (χ1) is 19.4. The highest BCUT2D eigenvalue weighted by molar-refractivity contribution is 6.31. The summed E-state index contributed by atoms with van der Waals surface area (Å²) in [6.07, 6.45) is 6.44. The van der Waals surface area contributed by atoms with Gasteiger partial charge in [-0.05, 0) is 48.5 Å². The number of pyridine rings is 2. The SMILES string of the molecule is O=C(NC(Cc1ccccn1)C(=O)NCC(=O)N1CCC(Oc2cccnc2)CC1)c1cc2cc(Cl)ccc2o1. The number of benzene rings is 1. The normalized spacial score (nSPS) is 14.5. The smallest absolute Gasteiger partial charge is 0.287 e. The van der Waals surface area contributed by atoms with E-state index in [9.17, 15) is 14.4 Å². The molecule has 1 saturated heterocycles. The molecule has 10 nitrogen and oxygen atoms in total. The maximum Gasteiger partial charge on any atom is 0.287 e. The van der Waals surface area contributed by atoms with E-state index in [-0.39, 0.29) is 30.7 Å². The summed E-state index contributed by atoms with van der Waals surface area (Å²) in [5.74, 6) is -0.521. The Hall–Kier alpha value is -4.44. The maximum absolute atomic E-state index is 13.2. The Morgan fingerprint density at radius 3 is 2.67 bits per heavy atom. The quantitative estimate of drug-likeness (QED) is 0.321. The molecule has 4 aromatic rings. The fourth-order valence-electron chi connectivity index (χ4n) is 4.52. The molecule has 1 fully saturated rings. The number of aromatic nitrogens is 2. The number of rotatable bonds is 9. The topological polar surface area (TPSA) is 127 Å². The van der Waals surface area contributed by atoms with E-state index < -0.39 is 17.9 Å². The van der Waals surface area contributed by atoms with Crippen LogP contribution in [0.1, 0.15) is 29.1 Å². The number of piperidine rings is 1. The van der Waals surface area contributed by atoms with Gasteiger partial charge in [-0.25, -0.2) is 0 Å². The van der Waals surface area contributed by atoms with Crippen LogP contribution in [0.15, 0.2) is 77.6 Å². The molecule has 40 heavy (non-hydrogen) atoms. The van der Waals surface area contributed by atoms with E-state index >= 15 is 0 Å². The fraction of sp³-hybridized carbons (Fsp3) is 0.276. The van der Waals surface area contributed by atoms with Gasteiger partial charge in [0.15, 0.2) is 5.76 Å². The standard InChI is InChI=1S/C29H28ClN5O5/c30-20-6-7-25-19(14-20)15-26(40-25)29(38)34-24(16-21-4-1-2-11-32-21)28(37)33-18-27(36)35-12-8-22(9-13-35)39-23-5-3-10-31-17-23/h1-7,10-11,14-15,17,22,24H,8-9,12-13,16,18H2,(H,33,37)(H,34,38). The Kier molecular flexibility index (Phi) is 8.56. The van der Waals surface area contributed by atoms with Crippen molar-refractivity contribution in [2.45, 2.75) is 31.4 Å². The Morgan fingerprint density at radius 2 is 1.93 bits per heavy atom. The van der Waals surface area contributed by atoms with E-state index in [1.54, 1.807) is 66.0 Å². The second-order valence-electron chi connectivity index (χ2n) is 9.45. The summed E-state index contributed by atoms with van der Waals surface area (Å²) in [7, 11) is 0. The molecule has 3 amide bonds. The van der Waals surface area contributed by atoms with Crippen molar-refractivity contribution in [1.29, 1.82) is 0 Å². The third-order valence-electron chi connectivity index (χ3n) is 6.61. The van der Waals surface area contributed by atoms with Crippen molar-refractivity contribution >= 4 is 40.3 Å². The van der Waals surface area contributed by atoms with Crippen molar-refractivity contribution in [3.63, 3.8) is 0 Å². The van der Waals surface area contributed by atoms with Gasteiger partial charge in [0.05, 0.1) is 12.7 Å². The zero-order chi connectivity index (χ0) is 27.9. The first kappa shape index (κ1) is 27.1. The summed E-state index contributed by atoms with van der Waals surface area (Å²) in [4.78, 5) is 49.1. The van der Waals surface area contributed by atoms with Gasteiger partial charge < -0.3 is 24.7 Å². The molecule has 0 spiro atoms. The third kappa shape index (κ3) is 6.95. The van der Waals surface area contributed by atoms with Gasteiger partial charge in [-0.2, -0.15) is 0 Å². The van der Waals surface area contributed by atoms with Crippen LogP contribution in [-0.2, 0) is 16.0 Å². The lowest BCUT2D eigenvalue weighted by Crippen LogP contribution is -2.51. The van der Waals surface area contributed by atoms with Gasteiger partial charge in [0, 0.05) is 60.8 Å². The number of fused-ring (bicyclic) bond motifs is 1. The van der Waals surface area contributed by atoms with Crippen molar-refractivity contribution in [3.8, 4) is 5.75 Å². The summed E-state index contributed by atoms with van der Waals surface area (Å²) in [6.45, 7) is 0.846. The van der Waals surface area contributed by atoms with Crippen molar-refractivity contribution in [3.05, 3.63) is 89.7 Å². The molecule has 1 unspecified atom stereocenters. The second kappa shape index (κ2) is 12.6. The van der Waals surface area contributed by atoms with E-state index in [2.05, 4.69) is 20.6 Å². The van der Waals surface area contributed by atoms with Gasteiger partial charge in [-0.3, -0.25) is 24.4 Å². The molecule has 206 valence electrons. The second-order valence-corrected chi connectivity index (χ2v) is 9.89. The Labute approximate surface area is 235 Å². The molecule has 0 radical (unpaired) electrons. The van der Waals surface area contributed by atoms with Crippen LogP contribution < -0.4 is 15.4 Å². The number of carbonyl (C=O) groups is 3. The summed E-state index contributed by atoms with van der Waals surface area (Å²) in [5, 5.41) is 6.59. The predicted molar refractivity (Wildman–Crippen MR) is 148 cm³/mol. The molecule has 0 bridgehead atoms. The van der Waals surface area contributed by atoms with E-state index in [4.69, 9.17) is 20.8 Å². The van der Waals surface area contributed by atoms with Crippen molar-refractivity contribution in [1.82, 2.24) is 25.5 Å². The van der Waals surface area contributed by atoms with E-state index in [0.717, 1.165) is 0 Å². The summed E-state index contributed by atoms with van der Waals surface area (Å²) >= 11 is 6.04. The lowest BCUT2D eigenvalue weighted by molar-refractivity contribution is -0.134. The molecule has 2 N–H and O–H groups in total. The van der Waals surface area contributed by atoms with Crippen molar-refractivity contribution < 1.29 is 23.5 Å². The maximum atomic E-state index is 13.2. The molecule has 4 heterocycles. The summed E-state index contributed by atoms with van der Waals surface area (Å²) in [6, 6.07) is 14.6. The van der Waals surface area contributed by atoms with Gasteiger partial charge in [-0.1, -0.05) is 17.7 Å². The molecular formula is C29H28ClN5O5. The number of nitrogens with zero attached hydrogens (tertiary/aromatic N) is 3. The van der Waals surface area contributed by atoms with Crippen LogP contribution in [0.25, 0.3) is 11.0 Å². The average molecular weight is 562 g/mol. The van der Waals surface area contributed by atoms with Gasteiger partial charge >= 0.3 is 0 Å². The van der Waals surface area contributed by atoms with Crippen LogP contribution in [0.3, 0.4) is 0 Å². The lowest BCUT2D eigenvalue weighted by Gasteiger charge is -2.32. The van der Waals surface area contributed by atoms with Crippen LogP contribution in [-0.4, -0.2) is 64.4 Å². The molecule has 3 aromatic heterocycles. The molecular weight excluding hydrogens is 534 g/mol. The number of halogens is 1. The number of furan rings is 1. The summed E-state index contributed by atoms with van der Waals surface area (Å²) in [5.41, 5.74) is 1.11. The predicted octanol–water partition coefficient (Wildman–Crippen LogP) is 3.40. The van der Waals surface area contributed by atoms with Crippen LogP contribution in [0.2, 0.25) is 5.02 Å².